The van der Waals surface area contributed by atoms with Crippen LogP contribution in [-0.2, 0) is 6.42 Å². The normalized spacial score (nSPS) is 14.1. The van der Waals surface area contributed by atoms with Gasteiger partial charge in [0.25, 0.3) is 11.8 Å². The van der Waals surface area contributed by atoms with E-state index in [1.165, 1.54) is 5.56 Å². The summed E-state index contributed by atoms with van der Waals surface area (Å²) >= 11 is 0. The van der Waals surface area contributed by atoms with Gasteiger partial charge in [-0.1, -0.05) is 19.1 Å². The van der Waals surface area contributed by atoms with Gasteiger partial charge in [-0.2, -0.15) is 0 Å². The van der Waals surface area contributed by atoms with Crippen LogP contribution in [0.5, 0.6) is 5.75 Å². The Kier molecular flexibility index (Phi) is 6.12. The number of hydrogen-bond donors (Lipinski definition) is 0. The van der Waals surface area contributed by atoms with Gasteiger partial charge < -0.3 is 14.5 Å². The van der Waals surface area contributed by atoms with E-state index in [1.54, 1.807) is 17.0 Å². The SMILES string of the molecule is CCOc1ccc(C(=O)N2CCN(C(=O)c3ccc(CC)cc3)CC2)cc1. The zero-order chi connectivity index (χ0) is 19.2. The molecule has 0 aromatic heterocycles. The predicted octanol–water partition coefficient (Wildman–Crippen LogP) is 3.25. The maximum atomic E-state index is 12.7. The molecule has 142 valence electrons. The van der Waals surface area contributed by atoms with Crippen LogP contribution < -0.4 is 4.74 Å². The van der Waals surface area contributed by atoms with E-state index >= 15 is 0 Å². The summed E-state index contributed by atoms with van der Waals surface area (Å²) in [5.74, 6) is 0.793. The Morgan fingerprint density at radius 2 is 1.22 bits per heavy atom. The van der Waals surface area contributed by atoms with Crippen molar-refractivity contribution >= 4 is 11.8 Å². The van der Waals surface area contributed by atoms with Crippen molar-refractivity contribution in [3.05, 3.63) is 65.2 Å². The maximum Gasteiger partial charge on any atom is 0.253 e. The molecule has 0 aliphatic carbocycles. The molecule has 2 aromatic carbocycles. The molecular formula is C22H26N2O3. The largest absolute Gasteiger partial charge is 0.494 e. The molecule has 0 saturated carbocycles. The van der Waals surface area contributed by atoms with Crippen molar-refractivity contribution in [3.8, 4) is 5.75 Å². The number of nitrogens with zero attached hydrogens (tertiary/aromatic N) is 2. The zero-order valence-electron chi connectivity index (χ0n) is 16.0. The van der Waals surface area contributed by atoms with Crippen LogP contribution in [0.25, 0.3) is 0 Å². The molecule has 2 aromatic rings. The quantitative estimate of drug-likeness (QED) is 0.816. The molecule has 2 amide bonds. The van der Waals surface area contributed by atoms with Gasteiger partial charge in [-0.15, -0.1) is 0 Å². The first kappa shape index (κ1) is 19.0. The Bertz CT molecular complexity index is 776. The number of amides is 2. The molecule has 5 heteroatoms. The lowest BCUT2D eigenvalue weighted by molar-refractivity contribution is 0.0535. The smallest absolute Gasteiger partial charge is 0.253 e. The minimum Gasteiger partial charge on any atom is -0.494 e. The summed E-state index contributed by atoms with van der Waals surface area (Å²) in [4.78, 5) is 28.9. The molecule has 0 radical (unpaired) electrons. The second kappa shape index (κ2) is 8.71. The number of carbonyl (C=O) groups excluding carboxylic acids is 2. The highest BCUT2D eigenvalue weighted by Gasteiger charge is 2.25. The van der Waals surface area contributed by atoms with Crippen molar-refractivity contribution < 1.29 is 14.3 Å². The molecule has 0 atom stereocenters. The molecule has 0 bridgehead atoms. The van der Waals surface area contributed by atoms with Gasteiger partial charge in [-0.3, -0.25) is 9.59 Å². The molecule has 27 heavy (non-hydrogen) atoms. The molecule has 1 heterocycles. The third kappa shape index (κ3) is 4.48. The predicted molar refractivity (Wildman–Crippen MR) is 105 cm³/mol. The highest BCUT2D eigenvalue weighted by atomic mass is 16.5. The third-order valence-electron chi connectivity index (χ3n) is 4.88. The Morgan fingerprint density at radius 1 is 0.778 bits per heavy atom. The molecule has 0 spiro atoms. The van der Waals surface area contributed by atoms with Gasteiger partial charge in [-0.25, -0.2) is 0 Å². The van der Waals surface area contributed by atoms with E-state index in [1.807, 2.05) is 48.2 Å². The fourth-order valence-corrected chi connectivity index (χ4v) is 3.22. The summed E-state index contributed by atoms with van der Waals surface area (Å²) in [6, 6.07) is 15.0. The average Bonchev–Trinajstić information content (AvgIpc) is 2.74. The van der Waals surface area contributed by atoms with E-state index in [2.05, 4.69) is 6.92 Å². The second-order valence-electron chi connectivity index (χ2n) is 6.59. The molecular weight excluding hydrogens is 340 g/mol. The highest BCUT2D eigenvalue weighted by molar-refractivity contribution is 5.96. The van der Waals surface area contributed by atoms with E-state index in [9.17, 15) is 9.59 Å². The summed E-state index contributed by atoms with van der Waals surface area (Å²) < 4.78 is 5.41. The molecule has 5 nitrogen and oxygen atoms in total. The summed E-state index contributed by atoms with van der Waals surface area (Å²) in [5, 5.41) is 0. The zero-order valence-corrected chi connectivity index (χ0v) is 16.0. The van der Waals surface area contributed by atoms with Gasteiger partial charge in [0.05, 0.1) is 6.61 Å². The van der Waals surface area contributed by atoms with Gasteiger partial charge in [-0.05, 0) is 55.3 Å². The van der Waals surface area contributed by atoms with Gasteiger partial charge >= 0.3 is 0 Å². The molecule has 0 N–H and O–H groups in total. The van der Waals surface area contributed by atoms with E-state index in [4.69, 9.17) is 4.74 Å². The number of carbonyl (C=O) groups is 2. The number of hydrogen-bond acceptors (Lipinski definition) is 3. The van der Waals surface area contributed by atoms with Crippen LogP contribution in [-0.4, -0.2) is 54.4 Å². The first-order chi connectivity index (χ1) is 13.1. The van der Waals surface area contributed by atoms with Crippen LogP contribution in [0.3, 0.4) is 0 Å². The van der Waals surface area contributed by atoms with Crippen molar-refractivity contribution in [2.75, 3.05) is 32.8 Å². The fourth-order valence-electron chi connectivity index (χ4n) is 3.22. The van der Waals surface area contributed by atoms with E-state index < -0.39 is 0 Å². The average molecular weight is 366 g/mol. The molecule has 1 aliphatic heterocycles. The van der Waals surface area contributed by atoms with Crippen LogP contribution in [0.1, 0.15) is 40.1 Å². The molecule has 1 aliphatic rings. The molecule has 0 unspecified atom stereocenters. The molecule has 1 fully saturated rings. The summed E-state index contributed by atoms with van der Waals surface area (Å²) in [7, 11) is 0. The van der Waals surface area contributed by atoms with E-state index in [0.717, 1.165) is 12.2 Å². The first-order valence-electron chi connectivity index (χ1n) is 9.52. The van der Waals surface area contributed by atoms with Crippen molar-refractivity contribution in [1.82, 2.24) is 9.80 Å². The molecule has 3 rings (SSSR count). The van der Waals surface area contributed by atoms with Crippen LogP contribution in [0.4, 0.5) is 0 Å². The van der Waals surface area contributed by atoms with Crippen LogP contribution in [0.15, 0.2) is 48.5 Å². The van der Waals surface area contributed by atoms with Gasteiger partial charge in [0, 0.05) is 37.3 Å². The monoisotopic (exact) mass is 366 g/mol. The van der Waals surface area contributed by atoms with E-state index in [-0.39, 0.29) is 11.8 Å². The number of aryl methyl sites for hydroxylation is 1. The summed E-state index contributed by atoms with van der Waals surface area (Å²) in [6.45, 7) is 6.82. The van der Waals surface area contributed by atoms with Crippen LogP contribution >= 0.6 is 0 Å². The summed E-state index contributed by atoms with van der Waals surface area (Å²) in [5.41, 5.74) is 2.57. The van der Waals surface area contributed by atoms with Gasteiger partial charge in [0.2, 0.25) is 0 Å². The lowest BCUT2D eigenvalue weighted by Crippen LogP contribution is -2.50. The number of benzene rings is 2. The van der Waals surface area contributed by atoms with Crippen LogP contribution in [0, 0.1) is 0 Å². The lowest BCUT2D eigenvalue weighted by Gasteiger charge is -2.35. The maximum absolute atomic E-state index is 12.7. The number of piperazine rings is 1. The minimum absolute atomic E-state index is 0.00236. The summed E-state index contributed by atoms with van der Waals surface area (Å²) in [6.07, 6.45) is 0.959. The molecule has 1 saturated heterocycles. The highest BCUT2D eigenvalue weighted by Crippen LogP contribution is 2.16. The van der Waals surface area contributed by atoms with Crippen molar-refractivity contribution in [1.29, 1.82) is 0 Å². The van der Waals surface area contributed by atoms with Crippen LogP contribution in [0.2, 0.25) is 0 Å². The standard InChI is InChI=1S/C22H26N2O3/c1-3-17-5-7-18(8-6-17)21(25)23-13-15-24(16-14-23)22(26)19-9-11-20(12-10-19)27-4-2/h5-12H,3-4,13-16H2,1-2H3. The van der Waals surface area contributed by atoms with Gasteiger partial charge in [0.1, 0.15) is 5.75 Å². The first-order valence-corrected chi connectivity index (χ1v) is 9.52. The Morgan fingerprint density at radius 3 is 1.63 bits per heavy atom. The third-order valence-corrected chi connectivity index (χ3v) is 4.88. The fraction of sp³-hybridized carbons (Fsp3) is 0.364. The van der Waals surface area contributed by atoms with Crippen molar-refractivity contribution in [2.45, 2.75) is 20.3 Å². The lowest BCUT2D eigenvalue weighted by atomic mass is 10.1. The van der Waals surface area contributed by atoms with Crippen molar-refractivity contribution in [2.24, 2.45) is 0 Å². The topological polar surface area (TPSA) is 49.9 Å². The number of ether oxygens (including phenoxy) is 1. The Labute approximate surface area is 160 Å². The van der Waals surface area contributed by atoms with Crippen molar-refractivity contribution in [3.63, 3.8) is 0 Å². The Hall–Kier alpha value is -2.82. The minimum atomic E-state index is -0.00236. The van der Waals surface area contributed by atoms with Gasteiger partial charge in [0.15, 0.2) is 0 Å². The Balaban J connectivity index is 1.57. The number of rotatable bonds is 5. The van der Waals surface area contributed by atoms with E-state index in [0.29, 0.717) is 43.9 Å². The second-order valence-corrected chi connectivity index (χ2v) is 6.59.